The van der Waals surface area contributed by atoms with E-state index in [1.54, 1.807) is 0 Å². The first-order valence-electron chi connectivity index (χ1n) is 8.58. The molecule has 2 aliphatic rings. The van der Waals surface area contributed by atoms with Crippen molar-refractivity contribution in [3.63, 3.8) is 0 Å². The largest absolute Gasteiger partial charge is 0.352 e. The van der Waals surface area contributed by atoms with Crippen molar-refractivity contribution in [3.8, 4) is 0 Å². The van der Waals surface area contributed by atoms with E-state index in [9.17, 15) is 4.79 Å². The number of hydrogen-bond acceptors (Lipinski definition) is 3. The van der Waals surface area contributed by atoms with Gasteiger partial charge in [-0.1, -0.05) is 30.3 Å². The van der Waals surface area contributed by atoms with Crippen LogP contribution in [0.2, 0.25) is 0 Å². The highest BCUT2D eigenvalue weighted by atomic mass is 16.2. The van der Waals surface area contributed by atoms with Crippen LogP contribution in [0.15, 0.2) is 30.3 Å². The van der Waals surface area contributed by atoms with Crippen molar-refractivity contribution in [1.82, 2.24) is 15.5 Å². The Morgan fingerprint density at radius 2 is 2.09 bits per heavy atom. The minimum atomic E-state index is 0.152. The summed E-state index contributed by atoms with van der Waals surface area (Å²) in [5.41, 5.74) is 1.33. The molecule has 0 spiro atoms. The third-order valence-electron chi connectivity index (χ3n) is 4.77. The highest BCUT2D eigenvalue weighted by Crippen LogP contribution is 2.19. The van der Waals surface area contributed by atoms with Crippen LogP contribution in [0.3, 0.4) is 0 Å². The second-order valence-corrected chi connectivity index (χ2v) is 6.61. The average molecular weight is 301 g/mol. The lowest BCUT2D eigenvalue weighted by atomic mass is 9.95. The molecule has 2 heterocycles. The van der Waals surface area contributed by atoms with Crippen molar-refractivity contribution in [3.05, 3.63) is 35.9 Å². The number of carbonyl (C=O) groups excluding carboxylic acids is 1. The van der Waals surface area contributed by atoms with Gasteiger partial charge in [-0.3, -0.25) is 9.69 Å². The summed E-state index contributed by atoms with van der Waals surface area (Å²) in [5.74, 6) is 0.408. The zero-order valence-corrected chi connectivity index (χ0v) is 13.3. The lowest BCUT2D eigenvalue weighted by molar-refractivity contribution is -0.127. The smallest absolute Gasteiger partial charge is 0.224 e. The maximum Gasteiger partial charge on any atom is 0.224 e. The molecule has 1 aromatic carbocycles. The number of rotatable bonds is 4. The van der Waals surface area contributed by atoms with Crippen molar-refractivity contribution in [2.45, 2.75) is 38.3 Å². The second-order valence-electron chi connectivity index (χ2n) is 6.61. The Morgan fingerprint density at radius 3 is 2.86 bits per heavy atom. The maximum absolute atomic E-state index is 12.5. The van der Waals surface area contributed by atoms with Crippen LogP contribution in [0.5, 0.6) is 0 Å². The second kappa shape index (κ2) is 7.75. The minimum absolute atomic E-state index is 0.152. The first-order chi connectivity index (χ1) is 10.8. The molecule has 2 saturated heterocycles. The van der Waals surface area contributed by atoms with Gasteiger partial charge in [0.2, 0.25) is 5.91 Å². The van der Waals surface area contributed by atoms with Crippen molar-refractivity contribution in [1.29, 1.82) is 0 Å². The Hall–Kier alpha value is -1.39. The molecule has 0 saturated carbocycles. The molecule has 4 nitrogen and oxygen atoms in total. The first kappa shape index (κ1) is 15.5. The molecular weight excluding hydrogens is 274 g/mol. The van der Waals surface area contributed by atoms with E-state index in [1.807, 2.05) is 6.07 Å². The zero-order valence-electron chi connectivity index (χ0n) is 13.3. The van der Waals surface area contributed by atoms with Gasteiger partial charge >= 0.3 is 0 Å². The van der Waals surface area contributed by atoms with Crippen LogP contribution in [0.1, 0.15) is 31.2 Å². The van der Waals surface area contributed by atoms with Gasteiger partial charge in [0.1, 0.15) is 0 Å². The van der Waals surface area contributed by atoms with Crippen LogP contribution in [0, 0.1) is 5.92 Å². The van der Waals surface area contributed by atoms with E-state index in [1.165, 1.54) is 5.56 Å². The topological polar surface area (TPSA) is 44.4 Å². The Labute approximate surface area is 133 Å². The van der Waals surface area contributed by atoms with Gasteiger partial charge in [0.15, 0.2) is 0 Å². The number of hydrogen-bond donors (Lipinski definition) is 2. The van der Waals surface area contributed by atoms with Crippen LogP contribution < -0.4 is 10.6 Å². The van der Waals surface area contributed by atoms with Gasteiger partial charge in [-0.2, -0.15) is 0 Å². The number of nitrogens with zero attached hydrogens (tertiary/aromatic N) is 1. The van der Waals surface area contributed by atoms with Crippen LogP contribution in [0.4, 0.5) is 0 Å². The van der Waals surface area contributed by atoms with E-state index in [-0.39, 0.29) is 11.8 Å². The predicted octanol–water partition coefficient (Wildman–Crippen LogP) is 1.77. The maximum atomic E-state index is 12.5. The minimum Gasteiger partial charge on any atom is -0.352 e. The van der Waals surface area contributed by atoms with Crippen LogP contribution in [-0.4, -0.2) is 43.0 Å². The molecule has 0 aromatic heterocycles. The molecular formula is C18H27N3O. The van der Waals surface area contributed by atoms with Gasteiger partial charge < -0.3 is 10.6 Å². The predicted molar refractivity (Wildman–Crippen MR) is 88.5 cm³/mol. The Balaban J connectivity index is 1.50. The van der Waals surface area contributed by atoms with E-state index in [2.05, 4.69) is 39.8 Å². The Morgan fingerprint density at radius 1 is 1.23 bits per heavy atom. The summed E-state index contributed by atoms with van der Waals surface area (Å²) in [5, 5.41) is 6.60. The number of nitrogens with one attached hydrogen (secondary N) is 2. The van der Waals surface area contributed by atoms with Gasteiger partial charge in [0, 0.05) is 25.7 Å². The molecule has 0 bridgehead atoms. The Kier molecular flexibility index (Phi) is 5.46. The summed E-state index contributed by atoms with van der Waals surface area (Å²) in [6.07, 6.45) is 4.42. The number of piperidine rings is 2. The summed E-state index contributed by atoms with van der Waals surface area (Å²) in [7, 11) is 0. The molecule has 120 valence electrons. The number of benzene rings is 1. The molecule has 2 atom stereocenters. The van der Waals surface area contributed by atoms with Gasteiger partial charge in [-0.25, -0.2) is 0 Å². The number of likely N-dealkylation sites (tertiary alicyclic amines) is 1. The number of carbonyl (C=O) groups is 1. The average Bonchev–Trinajstić information content (AvgIpc) is 2.57. The highest BCUT2D eigenvalue weighted by Gasteiger charge is 2.27. The molecule has 2 fully saturated rings. The van der Waals surface area contributed by atoms with Crippen molar-refractivity contribution < 1.29 is 4.79 Å². The van der Waals surface area contributed by atoms with Gasteiger partial charge in [-0.15, -0.1) is 0 Å². The lowest BCUT2D eigenvalue weighted by Crippen LogP contribution is -2.50. The van der Waals surface area contributed by atoms with Crippen molar-refractivity contribution in [2.75, 3.05) is 26.2 Å². The fraction of sp³-hybridized carbons (Fsp3) is 0.611. The van der Waals surface area contributed by atoms with E-state index < -0.39 is 0 Å². The first-order valence-corrected chi connectivity index (χ1v) is 8.58. The SMILES string of the molecule is O=C(N[C@H]1CCCNC1)C1CCCN(Cc2ccccc2)C1. The lowest BCUT2D eigenvalue weighted by Gasteiger charge is -2.33. The summed E-state index contributed by atoms with van der Waals surface area (Å²) >= 11 is 0. The molecule has 1 aromatic rings. The van der Waals surface area contributed by atoms with Crippen LogP contribution in [0.25, 0.3) is 0 Å². The zero-order chi connectivity index (χ0) is 15.2. The molecule has 22 heavy (non-hydrogen) atoms. The monoisotopic (exact) mass is 301 g/mol. The molecule has 0 radical (unpaired) electrons. The fourth-order valence-corrected chi connectivity index (χ4v) is 3.55. The van der Waals surface area contributed by atoms with Gasteiger partial charge in [0.05, 0.1) is 5.92 Å². The molecule has 1 amide bonds. The quantitative estimate of drug-likeness (QED) is 0.891. The van der Waals surface area contributed by atoms with E-state index in [0.29, 0.717) is 6.04 Å². The third-order valence-corrected chi connectivity index (χ3v) is 4.77. The van der Waals surface area contributed by atoms with Gasteiger partial charge in [0.25, 0.3) is 0 Å². The van der Waals surface area contributed by atoms with E-state index in [0.717, 1.165) is 58.4 Å². The molecule has 3 rings (SSSR count). The fourth-order valence-electron chi connectivity index (χ4n) is 3.55. The standard InChI is InChI=1S/C18H27N3O/c22-18(20-17-9-4-10-19-12-17)16-8-5-11-21(14-16)13-15-6-2-1-3-7-15/h1-3,6-7,16-17,19H,4-5,8-14H2,(H,20,22)/t16?,17-/m0/s1. The Bertz CT molecular complexity index is 470. The van der Waals surface area contributed by atoms with Crippen LogP contribution in [-0.2, 0) is 11.3 Å². The molecule has 4 heteroatoms. The molecule has 1 unspecified atom stereocenters. The molecule has 2 N–H and O–H groups in total. The molecule has 0 aliphatic carbocycles. The summed E-state index contributed by atoms with van der Waals surface area (Å²) in [6, 6.07) is 10.9. The highest BCUT2D eigenvalue weighted by molar-refractivity contribution is 5.79. The molecule has 2 aliphatic heterocycles. The number of amides is 1. The van der Waals surface area contributed by atoms with Crippen molar-refractivity contribution >= 4 is 5.91 Å². The summed E-state index contributed by atoms with van der Waals surface area (Å²) in [4.78, 5) is 14.9. The normalized spacial score (nSPS) is 26.5. The summed E-state index contributed by atoms with van der Waals surface area (Å²) < 4.78 is 0. The third kappa shape index (κ3) is 4.31. The van der Waals surface area contributed by atoms with Gasteiger partial charge in [-0.05, 0) is 44.3 Å². The van der Waals surface area contributed by atoms with E-state index >= 15 is 0 Å². The summed E-state index contributed by atoms with van der Waals surface area (Å²) in [6.45, 7) is 4.95. The van der Waals surface area contributed by atoms with E-state index in [4.69, 9.17) is 0 Å². The van der Waals surface area contributed by atoms with Crippen LogP contribution >= 0.6 is 0 Å². The van der Waals surface area contributed by atoms with Crippen molar-refractivity contribution in [2.24, 2.45) is 5.92 Å².